The Bertz CT molecular complexity index is 458. The van der Waals surface area contributed by atoms with Crippen LogP contribution in [-0.4, -0.2) is 29.9 Å². The zero-order valence-corrected chi connectivity index (χ0v) is 10.6. The van der Waals surface area contributed by atoms with Gasteiger partial charge in [-0.05, 0) is 36.7 Å². The summed E-state index contributed by atoms with van der Waals surface area (Å²) in [7, 11) is 1.62. The minimum atomic E-state index is -0.131. The second-order valence-corrected chi connectivity index (χ2v) is 5.56. The number of hydrogen-bond donors (Lipinski definition) is 2. The van der Waals surface area contributed by atoms with E-state index in [2.05, 4.69) is 14.6 Å². The van der Waals surface area contributed by atoms with E-state index in [1.54, 1.807) is 7.05 Å². The summed E-state index contributed by atoms with van der Waals surface area (Å²) < 4.78 is 4.13. The number of piperidine rings is 1. The molecule has 1 amide bonds. The van der Waals surface area contributed by atoms with Crippen LogP contribution < -0.4 is 16.0 Å². The Kier molecular flexibility index (Phi) is 2.47. The van der Waals surface area contributed by atoms with Crippen LogP contribution in [0.15, 0.2) is 0 Å². The molecule has 2 heterocycles. The molecule has 1 aromatic heterocycles. The number of nitrogens with one attached hydrogen (secondary N) is 1. The maximum Gasteiger partial charge on any atom is 0.257 e. The largest absolute Gasteiger partial charge is 0.382 e. The Morgan fingerprint density at radius 1 is 1.59 bits per heavy atom. The lowest BCUT2D eigenvalue weighted by atomic mass is 10.1. The highest BCUT2D eigenvalue weighted by Gasteiger charge is 2.40. The lowest BCUT2D eigenvalue weighted by Crippen LogP contribution is -2.33. The van der Waals surface area contributed by atoms with Crippen molar-refractivity contribution in [2.24, 2.45) is 5.92 Å². The normalized spacial score (nSPS) is 26.5. The van der Waals surface area contributed by atoms with Crippen molar-refractivity contribution in [3.8, 4) is 0 Å². The van der Waals surface area contributed by atoms with Gasteiger partial charge in [0.1, 0.15) is 10.6 Å². The first kappa shape index (κ1) is 10.8. The van der Waals surface area contributed by atoms with Crippen LogP contribution in [0.4, 0.5) is 10.8 Å². The average molecular weight is 252 g/mol. The van der Waals surface area contributed by atoms with E-state index < -0.39 is 0 Å². The van der Waals surface area contributed by atoms with Gasteiger partial charge in [-0.1, -0.05) is 0 Å². The Balaban J connectivity index is 1.95. The van der Waals surface area contributed by atoms with E-state index in [-0.39, 0.29) is 5.91 Å². The smallest absolute Gasteiger partial charge is 0.257 e. The fourth-order valence-corrected chi connectivity index (χ4v) is 3.89. The van der Waals surface area contributed by atoms with Crippen molar-refractivity contribution in [1.29, 1.82) is 0 Å². The molecule has 3 N–H and O–H groups in total. The molecule has 2 unspecified atom stereocenters. The lowest BCUT2D eigenvalue weighted by molar-refractivity contribution is 0.0964. The van der Waals surface area contributed by atoms with E-state index in [0.717, 1.165) is 17.5 Å². The van der Waals surface area contributed by atoms with Gasteiger partial charge in [-0.3, -0.25) is 4.79 Å². The molecule has 1 aliphatic heterocycles. The Morgan fingerprint density at radius 3 is 3.00 bits per heavy atom. The number of amides is 1. The SMILES string of the molecule is CNC(=O)c1c(N)nsc1N1CC2CCC1C2. The van der Waals surface area contributed by atoms with E-state index in [0.29, 0.717) is 17.4 Å². The van der Waals surface area contributed by atoms with Crippen molar-refractivity contribution in [2.75, 3.05) is 24.2 Å². The number of nitrogens with two attached hydrogens (primary N) is 1. The van der Waals surface area contributed by atoms with Gasteiger partial charge in [-0.2, -0.15) is 4.37 Å². The van der Waals surface area contributed by atoms with Crippen molar-refractivity contribution in [3.05, 3.63) is 5.56 Å². The molecular formula is C11H16N4OS. The molecule has 2 bridgehead atoms. The Morgan fingerprint density at radius 2 is 2.41 bits per heavy atom. The summed E-state index contributed by atoms with van der Waals surface area (Å²) >= 11 is 1.35. The molecule has 1 saturated heterocycles. The van der Waals surface area contributed by atoms with Gasteiger partial charge in [0.15, 0.2) is 5.82 Å². The van der Waals surface area contributed by atoms with Gasteiger partial charge in [0, 0.05) is 19.6 Å². The molecule has 1 saturated carbocycles. The van der Waals surface area contributed by atoms with Gasteiger partial charge in [0.25, 0.3) is 5.91 Å². The Hall–Kier alpha value is -1.30. The maximum atomic E-state index is 11.8. The third-order valence-corrected chi connectivity index (χ3v) is 4.72. The molecule has 3 rings (SSSR count). The standard InChI is InChI=1S/C11H16N4OS/c1-13-10(16)8-9(12)14-17-11(8)15-5-6-2-3-7(15)4-6/h6-7H,2-5H2,1H3,(H2,12,14)(H,13,16). The molecule has 17 heavy (non-hydrogen) atoms. The van der Waals surface area contributed by atoms with Crippen LogP contribution in [0.3, 0.4) is 0 Å². The van der Waals surface area contributed by atoms with Crippen LogP contribution in [0.5, 0.6) is 0 Å². The van der Waals surface area contributed by atoms with Crippen LogP contribution in [-0.2, 0) is 0 Å². The number of fused-ring (bicyclic) bond motifs is 2. The van der Waals surface area contributed by atoms with E-state index in [9.17, 15) is 4.79 Å². The first-order chi connectivity index (χ1) is 8.20. The monoisotopic (exact) mass is 252 g/mol. The lowest BCUT2D eigenvalue weighted by Gasteiger charge is -2.27. The third-order valence-electron chi connectivity index (χ3n) is 3.82. The number of carbonyl (C=O) groups excluding carboxylic acids is 1. The average Bonchev–Trinajstić information content (AvgIpc) is 3.01. The fraction of sp³-hybridized carbons (Fsp3) is 0.636. The fourth-order valence-electron chi connectivity index (χ4n) is 3.00. The van der Waals surface area contributed by atoms with E-state index >= 15 is 0 Å². The third kappa shape index (κ3) is 1.58. The van der Waals surface area contributed by atoms with Crippen LogP contribution in [0.2, 0.25) is 0 Å². The van der Waals surface area contributed by atoms with Crippen molar-refractivity contribution in [1.82, 2.24) is 9.69 Å². The number of hydrogen-bond acceptors (Lipinski definition) is 5. The topological polar surface area (TPSA) is 71.2 Å². The van der Waals surface area contributed by atoms with Gasteiger partial charge in [-0.25, -0.2) is 0 Å². The molecule has 1 aliphatic carbocycles. The van der Waals surface area contributed by atoms with E-state index in [4.69, 9.17) is 5.73 Å². The highest BCUT2D eigenvalue weighted by atomic mass is 32.1. The number of nitrogens with zero attached hydrogens (tertiary/aromatic N) is 2. The molecule has 2 fully saturated rings. The van der Waals surface area contributed by atoms with Crippen LogP contribution in [0.1, 0.15) is 29.6 Å². The number of aromatic nitrogens is 1. The van der Waals surface area contributed by atoms with Crippen molar-refractivity contribution >= 4 is 28.3 Å². The summed E-state index contributed by atoms with van der Waals surface area (Å²) in [6.45, 7) is 1.05. The zero-order chi connectivity index (χ0) is 12.0. The molecule has 92 valence electrons. The van der Waals surface area contributed by atoms with Gasteiger partial charge in [0.2, 0.25) is 0 Å². The summed E-state index contributed by atoms with van der Waals surface area (Å²) in [6.07, 6.45) is 3.81. The van der Waals surface area contributed by atoms with E-state index in [1.807, 2.05) is 0 Å². The molecule has 1 aromatic rings. The van der Waals surface area contributed by atoms with Crippen molar-refractivity contribution in [3.63, 3.8) is 0 Å². The molecule has 5 nitrogen and oxygen atoms in total. The molecule has 0 radical (unpaired) electrons. The highest BCUT2D eigenvalue weighted by Crippen LogP contribution is 2.43. The molecule has 2 atom stereocenters. The Labute approximate surface area is 104 Å². The number of carbonyl (C=O) groups is 1. The number of nitrogen functional groups attached to an aromatic ring is 1. The van der Waals surface area contributed by atoms with Crippen molar-refractivity contribution in [2.45, 2.75) is 25.3 Å². The zero-order valence-electron chi connectivity index (χ0n) is 9.77. The second kappa shape index (κ2) is 3.87. The van der Waals surface area contributed by atoms with Gasteiger partial charge < -0.3 is 16.0 Å². The minimum Gasteiger partial charge on any atom is -0.382 e. The first-order valence-corrected chi connectivity index (χ1v) is 6.72. The first-order valence-electron chi connectivity index (χ1n) is 5.94. The van der Waals surface area contributed by atoms with Gasteiger partial charge in [-0.15, -0.1) is 0 Å². The quantitative estimate of drug-likeness (QED) is 0.826. The molecule has 6 heteroatoms. The van der Waals surface area contributed by atoms with E-state index in [1.165, 1.54) is 30.8 Å². The van der Waals surface area contributed by atoms with Crippen LogP contribution in [0.25, 0.3) is 0 Å². The molecule has 2 aliphatic rings. The molecule has 0 spiro atoms. The number of rotatable bonds is 2. The maximum absolute atomic E-state index is 11.8. The summed E-state index contributed by atoms with van der Waals surface area (Å²) in [5.41, 5.74) is 6.36. The second-order valence-electron chi connectivity index (χ2n) is 4.81. The van der Waals surface area contributed by atoms with Crippen molar-refractivity contribution < 1.29 is 4.79 Å². The summed E-state index contributed by atoms with van der Waals surface area (Å²) in [5.74, 6) is 1.02. The summed E-state index contributed by atoms with van der Waals surface area (Å²) in [6, 6.07) is 0.586. The molecular weight excluding hydrogens is 236 g/mol. The summed E-state index contributed by atoms with van der Waals surface area (Å²) in [5, 5.41) is 3.59. The predicted molar refractivity (Wildman–Crippen MR) is 68.4 cm³/mol. The minimum absolute atomic E-state index is 0.131. The van der Waals surface area contributed by atoms with Crippen LogP contribution >= 0.6 is 11.5 Å². The van der Waals surface area contributed by atoms with Gasteiger partial charge in [0.05, 0.1) is 0 Å². The molecule has 0 aromatic carbocycles. The summed E-state index contributed by atoms with van der Waals surface area (Å²) in [4.78, 5) is 14.2. The number of anilines is 2. The highest BCUT2D eigenvalue weighted by molar-refractivity contribution is 7.11. The van der Waals surface area contributed by atoms with Crippen LogP contribution in [0, 0.1) is 5.92 Å². The van der Waals surface area contributed by atoms with Gasteiger partial charge >= 0.3 is 0 Å². The predicted octanol–water partition coefficient (Wildman–Crippen LogP) is 1.07.